The van der Waals surface area contributed by atoms with Gasteiger partial charge in [-0.15, -0.1) is 0 Å². The van der Waals surface area contributed by atoms with Gasteiger partial charge in [0, 0.05) is 6.20 Å². The lowest BCUT2D eigenvalue weighted by molar-refractivity contribution is 0.102. The third-order valence-corrected chi connectivity index (χ3v) is 3.96. The second kappa shape index (κ2) is 7.34. The second-order valence-electron chi connectivity index (χ2n) is 4.94. The number of anilines is 3. The van der Waals surface area contributed by atoms with Crippen LogP contribution in [0.25, 0.3) is 0 Å². The average Bonchev–Trinajstić information content (AvgIpc) is 2.59. The van der Waals surface area contributed by atoms with Gasteiger partial charge in [-0.3, -0.25) is 4.79 Å². The van der Waals surface area contributed by atoms with Crippen LogP contribution < -0.4 is 10.6 Å². The summed E-state index contributed by atoms with van der Waals surface area (Å²) < 4.78 is 0. The minimum Gasteiger partial charge on any atom is -0.338 e. The van der Waals surface area contributed by atoms with E-state index in [4.69, 9.17) is 23.2 Å². The molecule has 3 rings (SSSR count). The minimum atomic E-state index is -0.314. The molecule has 0 spiro atoms. The molecular weight excluding hydrogens is 345 g/mol. The van der Waals surface area contributed by atoms with Crippen molar-refractivity contribution in [2.75, 3.05) is 10.6 Å². The van der Waals surface area contributed by atoms with Crippen LogP contribution in [0.2, 0.25) is 10.0 Å². The van der Waals surface area contributed by atoms with Crippen LogP contribution in [0.5, 0.6) is 0 Å². The van der Waals surface area contributed by atoms with Gasteiger partial charge in [0.2, 0.25) is 0 Å². The minimum absolute atomic E-state index is 0.314. The number of halogens is 2. The summed E-state index contributed by atoms with van der Waals surface area (Å²) in [6.07, 6.45) is 1.60. The summed E-state index contributed by atoms with van der Waals surface area (Å²) in [7, 11) is 0. The molecule has 1 heterocycles. The maximum absolute atomic E-state index is 12.6. The van der Waals surface area contributed by atoms with Gasteiger partial charge in [0.1, 0.15) is 5.82 Å². The Balaban J connectivity index is 1.88. The highest BCUT2D eigenvalue weighted by Gasteiger charge is 2.14. The van der Waals surface area contributed by atoms with E-state index in [0.717, 1.165) is 0 Å². The largest absolute Gasteiger partial charge is 0.338 e. The van der Waals surface area contributed by atoms with Gasteiger partial charge >= 0.3 is 0 Å². The second-order valence-corrected chi connectivity index (χ2v) is 5.75. The molecule has 0 saturated heterocycles. The summed E-state index contributed by atoms with van der Waals surface area (Å²) in [5, 5.41) is 6.88. The van der Waals surface area contributed by atoms with Crippen molar-refractivity contribution in [2.24, 2.45) is 0 Å². The van der Waals surface area contributed by atoms with Gasteiger partial charge in [0.05, 0.1) is 27.0 Å². The molecule has 2 N–H and O–H groups in total. The molecule has 0 fully saturated rings. The Morgan fingerprint density at radius 1 is 0.833 bits per heavy atom. The van der Waals surface area contributed by atoms with Crippen LogP contribution in [-0.2, 0) is 0 Å². The maximum Gasteiger partial charge on any atom is 0.259 e. The van der Waals surface area contributed by atoms with E-state index >= 15 is 0 Å². The van der Waals surface area contributed by atoms with E-state index in [-0.39, 0.29) is 5.91 Å². The van der Waals surface area contributed by atoms with E-state index < -0.39 is 0 Å². The van der Waals surface area contributed by atoms with Crippen molar-refractivity contribution in [1.82, 2.24) is 4.98 Å². The number of nitrogens with one attached hydrogen (secondary N) is 2. The van der Waals surface area contributed by atoms with Gasteiger partial charge in [-0.2, -0.15) is 0 Å². The molecule has 0 aliphatic heterocycles. The molecule has 6 heteroatoms. The Morgan fingerprint density at radius 2 is 1.46 bits per heavy atom. The summed E-state index contributed by atoms with van der Waals surface area (Å²) in [5.74, 6) is 0.0981. The molecule has 0 unspecified atom stereocenters. The van der Waals surface area contributed by atoms with Crippen LogP contribution in [0.3, 0.4) is 0 Å². The molecule has 0 bridgehead atoms. The van der Waals surface area contributed by atoms with Crippen molar-refractivity contribution in [3.05, 3.63) is 82.5 Å². The molecule has 3 aromatic rings. The predicted octanol–water partition coefficient (Wildman–Crippen LogP) is 5.38. The van der Waals surface area contributed by atoms with Crippen LogP contribution in [0.1, 0.15) is 10.4 Å². The van der Waals surface area contributed by atoms with Crippen LogP contribution in [0.15, 0.2) is 66.9 Å². The van der Waals surface area contributed by atoms with E-state index in [1.165, 1.54) is 0 Å². The molecule has 4 nitrogen and oxygen atoms in total. The smallest absolute Gasteiger partial charge is 0.259 e. The van der Waals surface area contributed by atoms with Gasteiger partial charge in [-0.05, 0) is 36.4 Å². The summed E-state index contributed by atoms with van der Waals surface area (Å²) in [6, 6.07) is 17.7. The first kappa shape index (κ1) is 16.3. The van der Waals surface area contributed by atoms with Crippen molar-refractivity contribution in [3.8, 4) is 0 Å². The highest BCUT2D eigenvalue weighted by molar-refractivity contribution is 6.34. The summed E-state index contributed by atoms with van der Waals surface area (Å²) in [6.45, 7) is 0. The van der Waals surface area contributed by atoms with E-state index in [1.54, 1.807) is 48.7 Å². The van der Waals surface area contributed by atoms with Crippen molar-refractivity contribution >= 4 is 46.3 Å². The molecule has 0 aliphatic rings. The Morgan fingerprint density at radius 3 is 2.12 bits per heavy atom. The number of para-hydroxylation sites is 2. The van der Waals surface area contributed by atoms with Crippen molar-refractivity contribution in [1.29, 1.82) is 0 Å². The number of benzene rings is 2. The quantitative estimate of drug-likeness (QED) is 0.658. The molecule has 2 aromatic carbocycles. The third-order valence-electron chi connectivity index (χ3n) is 3.30. The predicted molar refractivity (Wildman–Crippen MR) is 98.4 cm³/mol. The van der Waals surface area contributed by atoms with Gasteiger partial charge in [0.15, 0.2) is 0 Å². The van der Waals surface area contributed by atoms with Crippen LogP contribution in [0, 0.1) is 0 Å². The fourth-order valence-corrected chi connectivity index (χ4v) is 2.50. The zero-order valence-electron chi connectivity index (χ0n) is 12.5. The number of carbonyl (C=O) groups excluding carboxylic acids is 1. The van der Waals surface area contributed by atoms with Crippen molar-refractivity contribution in [2.45, 2.75) is 0 Å². The third kappa shape index (κ3) is 3.67. The Hall–Kier alpha value is -2.56. The zero-order valence-corrected chi connectivity index (χ0v) is 14.0. The van der Waals surface area contributed by atoms with Crippen molar-refractivity contribution in [3.63, 3.8) is 0 Å². The molecule has 24 heavy (non-hydrogen) atoms. The van der Waals surface area contributed by atoms with Crippen LogP contribution in [-0.4, -0.2) is 10.9 Å². The topological polar surface area (TPSA) is 54.0 Å². The standard InChI is InChI=1S/C18H13Cl2N3O/c19-13-7-1-3-9-15(13)22-17-12(6-5-11-21-17)18(24)23-16-10-4-2-8-14(16)20/h1-11H,(H,21,22)(H,23,24). The van der Waals surface area contributed by atoms with Crippen LogP contribution >= 0.6 is 23.2 Å². The van der Waals surface area contributed by atoms with Gasteiger partial charge < -0.3 is 10.6 Å². The number of nitrogens with zero attached hydrogens (tertiary/aromatic N) is 1. The highest BCUT2D eigenvalue weighted by atomic mass is 35.5. The highest BCUT2D eigenvalue weighted by Crippen LogP contribution is 2.27. The molecule has 1 amide bonds. The molecule has 0 atom stereocenters. The van der Waals surface area contributed by atoms with Gasteiger partial charge in [-0.1, -0.05) is 47.5 Å². The first-order chi connectivity index (χ1) is 11.6. The molecule has 0 saturated carbocycles. The maximum atomic E-state index is 12.6. The first-order valence-corrected chi connectivity index (χ1v) is 7.93. The van der Waals surface area contributed by atoms with E-state index in [1.807, 2.05) is 18.2 Å². The first-order valence-electron chi connectivity index (χ1n) is 7.17. The normalized spacial score (nSPS) is 10.2. The fourth-order valence-electron chi connectivity index (χ4n) is 2.13. The molecule has 1 aromatic heterocycles. The molecule has 0 aliphatic carbocycles. The molecular formula is C18H13Cl2N3O. The summed E-state index contributed by atoms with van der Waals surface area (Å²) in [5.41, 5.74) is 1.60. The Kier molecular flexibility index (Phi) is 4.99. The average molecular weight is 358 g/mol. The number of aromatic nitrogens is 1. The SMILES string of the molecule is O=C(Nc1ccccc1Cl)c1cccnc1Nc1ccccc1Cl. The number of amides is 1. The van der Waals surface area contributed by atoms with E-state index in [2.05, 4.69) is 15.6 Å². The van der Waals surface area contributed by atoms with E-state index in [9.17, 15) is 4.79 Å². The molecule has 0 radical (unpaired) electrons. The Labute approximate surface area is 149 Å². The lowest BCUT2D eigenvalue weighted by Crippen LogP contribution is -2.15. The monoisotopic (exact) mass is 357 g/mol. The lowest BCUT2D eigenvalue weighted by Gasteiger charge is -2.12. The van der Waals surface area contributed by atoms with Gasteiger partial charge in [-0.25, -0.2) is 4.98 Å². The fraction of sp³-hybridized carbons (Fsp3) is 0. The number of rotatable bonds is 4. The van der Waals surface area contributed by atoms with Crippen LogP contribution in [0.4, 0.5) is 17.2 Å². The number of pyridine rings is 1. The summed E-state index contributed by atoms with van der Waals surface area (Å²) >= 11 is 12.2. The van der Waals surface area contributed by atoms with Crippen molar-refractivity contribution < 1.29 is 4.79 Å². The lowest BCUT2D eigenvalue weighted by atomic mass is 10.2. The number of carbonyl (C=O) groups is 1. The zero-order chi connectivity index (χ0) is 16.9. The van der Waals surface area contributed by atoms with Gasteiger partial charge in [0.25, 0.3) is 5.91 Å². The summed E-state index contributed by atoms with van der Waals surface area (Å²) in [4.78, 5) is 16.8. The Bertz CT molecular complexity index is 883. The van der Waals surface area contributed by atoms with E-state index in [0.29, 0.717) is 32.8 Å². The number of hydrogen-bond acceptors (Lipinski definition) is 3. The number of hydrogen-bond donors (Lipinski definition) is 2. The molecule has 120 valence electrons.